The number of rotatable bonds is 7. The van der Waals surface area contributed by atoms with Crippen LogP contribution in [0.1, 0.15) is 27.0 Å². The minimum absolute atomic E-state index is 0.0395. The zero-order chi connectivity index (χ0) is 20.5. The molecule has 1 aliphatic heterocycles. The van der Waals surface area contributed by atoms with Crippen LogP contribution in [0, 0.1) is 0 Å². The number of amides is 1. The summed E-state index contributed by atoms with van der Waals surface area (Å²) in [7, 11) is 0. The molecule has 0 saturated carbocycles. The van der Waals surface area contributed by atoms with Gasteiger partial charge in [-0.1, -0.05) is 54.6 Å². The summed E-state index contributed by atoms with van der Waals surface area (Å²) in [6, 6.07) is 15.2. The number of hydroxylamine groups is 1. The van der Waals surface area contributed by atoms with E-state index in [1.54, 1.807) is 18.2 Å². The molecular weight excluding hydrogens is 366 g/mol. The van der Waals surface area contributed by atoms with Crippen molar-refractivity contribution in [1.29, 1.82) is 0 Å². The van der Waals surface area contributed by atoms with Crippen LogP contribution in [-0.4, -0.2) is 48.0 Å². The van der Waals surface area contributed by atoms with Crippen LogP contribution in [0.3, 0.4) is 0 Å². The summed E-state index contributed by atoms with van der Waals surface area (Å²) in [5, 5.41) is 11.8. The normalized spacial score (nSPS) is 15.1. The molecule has 0 radical (unpaired) electrons. The zero-order valence-corrected chi connectivity index (χ0v) is 16.2. The number of ketones is 1. The zero-order valence-electron chi connectivity index (χ0n) is 16.2. The summed E-state index contributed by atoms with van der Waals surface area (Å²) in [5.74, 6) is -0.624. The molecule has 0 aromatic heterocycles. The fraction of sp³-hybridized carbons (Fsp3) is 0.217. The Morgan fingerprint density at radius 3 is 2.10 bits per heavy atom. The molecule has 0 spiro atoms. The van der Waals surface area contributed by atoms with Gasteiger partial charge in [0, 0.05) is 44.4 Å². The molecule has 1 aliphatic rings. The van der Waals surface area contributed by atoms with Gasteiger partial charge in [0.25, 0.3) is 5.91 Å². The molecule has 1 amide bonds. The van der Waals surface area contributed by atoms with Gasteiger partial charge < -0.3 is 5.32 Å². The third-order valence-corrected chi connectivity index (χ3v) is 4.76. The van der Waals surface area contributed by atoms with Gasteiger partial charge in [0.2, 0.25) is 0 Å². The number of carbonyl (C=O) groups excluding carboxylic acids is 2. The maximum atomic E-state index is 12.4. The van der Waals surface area contributed by atoms with Crippen LogP contribution in [0.15, 0.2) is 60.7 Å². The Labute approximate surface area is 170 Å². The minimum Gasteiger partial charge on any atom is -0.314 e. The minimum atomic E-state index is -0.585. The summed E-state index contributed by atoms with van der Waals surface area (Å²) in [4.78, 5) is 25.8. The Hall–Kier alpha value is -3.06. The van der Waals surface area contributed by atoms with Crippen LogP contribution >= 0.6 is 0 Å². The Bertz CT molecular complexity index is 881. The standard InChI is InChI=1S/C23H25N3O3/c27-22(11-7-18-1-3-19(4-2-18)8-12-23(28)25-29)21-9-5-20(6-10-21)17-26-15-13-24-14-16-26/h1-12,24,29H,13-17H2,(H,25,28)/b11-7+,12-8?. The SMILES string of the molecule is O=C(C=Cc1ccc(/C=C/C(=O)c2ccc(CN3CCNCC3)cc2)cc1)NO. The van der Waals surface area contributed by atoms with E-state index in [1.807, 2.05) is 48.5 Å². The Morgan fingerprint density at radius 1 is 0.931 bits per heavy atom. The van der Waals surface area contributed by atoms with Crippen molar-refractivity contribution in [2.75, 3.05) is 26.2 Å². The lowest BCUT2D eigenvalue weighted by Gasteiger charge is -2.27. The maximum absolute atomic E-state index is 12.4. The van der Waals surface area contributed by atoms with Gasteiger partial charge in [-0.05, 0) is 28.8 Å². The molecule has 6 nitrogen and oxygen atoms in total. The van der Waals surface area contributed by atoms with Gasteiger partial charge in [-0.2, -0.15) is 0 Å². The molecule has 29 heavy (non-hydrogen) atoms. The highest BCUT2D eigenvalue weighted by Crippen LogP contribution is 2.12. The third kappa shape index (κ3) is 6.50. The second kappa shape index (κ2) is 10.5. The number of allylic oxidation sites excluding steroid dienone is 1. The van der Waals surface area contributed by atoms with E-state index in [2.05, 4.69) is 10.2 Å². The van der Waals surface area contributed by atoms with Crippen LogP contribution < -0.4 is 10.8 Å². The smallest absolute Gasteiger partial charge is 0.267 e. The number of nitrogens with zero attached hydrogens (tertiary/aromatic N) is 1. The number of hydrogen-bond acceptors (Lipinski definition) is 5. The summed E-state index contributed by atoms with van der Waals surface area (Å²) in [6.07, 6.45) is 6.16. The second-order valence-corrected chi connectivity index (χ2v) is 6.90. The van der Waals surface area contributed by atoms with E-state index < -0.39 is 5.91 Å². The first-order valence-electron chi connectivity index (χ1n) is 9.61. The molecule has 0 atom stereocenters. The molecule has 3 N–H and O–H groups in total. The van der Waals surface area contributed by atoms with Gasteiger partial charge in [0.05, 0.1) is 0 Å². The molecule has 1 heterocycles. The summed E-state index contributed by atoms with van der Waals surface area (Å²) in [5.41, 5.74) is 5.12. The molecule has 1 fully saturated rings. The van der Waals surface area contributed by atoms with Crippen molar-refractivity contribution in [3.8, 4) is 0 Å². The molecular formula is C23H25N3O3. The molecule has 150 valence electrons. The second-order valence-electron chi connectivity index (χ2n) is 6.90. The van der Waals surface area contributed by atoms with E-state index in [-0.39, 0.29) is 5.78 Å². The monoisotopic (exact) mass is 391 g/mol. The van der Waals surface area contributed by atoms with Gasteiger partial charge in [-0.25, -0.2) is 5.48 Å². The number of piperazine rings is 1. The highest BCUT2D eigenvalue weighted by molar-refractivity contribution is 6.06. The predicted octanol–water partition coefficient (Wildman–Crippen LogP) is 2.51. The van der Waals surface area contributed by atoms with Crippen LogP contribution in [0.25, 0.3) is 12.2 Å². The van der Waals surface area contributed by atoms with Gasteiger partial charge >= 0.3 is 0 Å². The van der Waals surface area contributed by atoms with E-state index in [4.69, 9.17) is 5.21 Å². The van der Waals surface area contributed by atoms with Crippen molar-refractivity contribution in [3.05, 3.63) is 82.9 Å². The van der Waals surface area contributed by atoms with Crippen molar-refractivity contribution in [3.63, 3.8) is 0 Å². The quantitative estimate of drug-likeness (QED) is 0.292. The van der Waals surface area contributed by atoms with Crippen molar-refractivity contribution in [1.82, 2.24) is 15.7 Å². The fourth-order valence-corrected chi connectivity index (χ4v) is 3.10. The van der Waals surface area contributed by atoms with E-state index >= 15 is 0 Å². The predicted molar refractivity (Wildman–Crippen MR) is 113 cm³/mol. The lowest BCUT2D eigenvalue weighted by Crippen LogP contribution is -2.42. The molecule has 2 aromatic rings. The summed E-state index contributed by atoms with van der Waals surface area (Å²) >= 11 is 0. The van der Waals surface area contributed by atoms with Crippen molar-refractivity contribution >= 4 is 23.8 Å². The Balaban J connectivity index is 1.55. The van der Waals surface area contributed by atoms with Crippen molar-refractivity contribution in [2.45, 2.75) is 6.54 Å². The highest BCUT2D eigenvalue weighted by atomic mass is 16.5. The van der Waals surface area contributed by atoms with Crippen molar-refractivity contribution < 1.29 is 14.8 Å². The lowest BCUT2D eigenvalue weighted by molar-refractivity contribution is -0.124. The average Bonchev–Trinajstić information content (AvgIpc) is 2.77. The number of hydrogen-bond donors (Lipinski definition) is 3. The fourth-order valence-electron chi connectivity index (χ4n) is 3.10. The number of nitrogens with one attached hydrogen (secondary N) is 2. The first-order valence-corrected chi connectivity index (χ1v) is 9.61. The van der Waals surface area contributed by atoms with Crippen LogP contribution in [-0.2, 0) is 11.3 Å². The molecule has 0 unspecified atom stereocenters. The van der Waals surface area contributed by atoms with E-state index in [1.165, 1.54) is 17.1 Å². The largest absolute Gasteiger partial charge is 0.314 e. The number of benzene rings is 2. The topological polar surface area (TPSA) is 81.7 Å². The molecule has 2 aromatic carbocycles. The van der Waals surface area contributed by atoms with Gasteiger partial charge in [0.15, 0.2) is 5.78 Å². The first-order chi connectivity index (χ1) is 14.1. The van der Waals surface area contributed by atoms with E-state index in [0.717, 1.165) is 43.9 Å². The Morgan fingerprint density at radius 2 is 1.52 bits per heavy atom. The number of carbonyl (C=O) groups is 2. The molecule has 6 heteroatoms. The molecule has 0 aliphatic carbocycles. The van der Waals surface area contributed by atoms with Crippen LogP contribution in [0.2, 0.25) is 0 Å². The van der Waals surface area contributed by atoms with Crippen LogP contribution in [0.5, 0.6) is 0 Å². The average molecular weight is 391 g/mol. The van der Waals surface area contributed by atoms with Crippen LogP contribution in [0.4, 0.5) is 0 Å². The summed E-state index contributed by atoms with van der Waals surface area (Å²) in [6.45, 7) is 5.05. The lowest BCUT2D eigenvalue weighted by atomic mass is 10.1. The summed E-state index contributed by atoms with van der Waals surface area (Å²) < 4.78 is 0. The Kier molecular flexibility index (Phi) is 7.47. The maximum Gasteiger partial charge on any atom is 0.267 e. The molecule has 1 saturated heterocycles. The van der Waals surface area contributed by atoms with Crippen molar-refractivity contribution in [2.24, 2.45) is 0 Å². The molecule has 0 bridgehead atoms. The van der Waals surface area contributed by atoms with Gasteiger partial charge in [-0.15, -0.1) is 0 Å². The van der Waals surface area contributed by atoms with E-state index in [9.17, 15) is 9.59 Å². The van der Waals surface area contributed by atoms with Gasteiger partial charge in [-0.3, -0.25) is 19.7 Å². The third-order valence-electron chi connectivity index (χ3n) is 4.76. The highest BCUT2D eigenvalue weighted by Gasteiger charge is 2.10. The van der Waals surface area contributed by atoms with E-state index in [0.29, 0.717) is 5.56 Å². The van der Waals surface area contributed by atoms with Gasteiger partial charge in [0.1, 0.15) is 0 Å². The first kappa shape index (κ1) is 20.7. The molecule has 3 rings (SSSR count).